The maximum absolute atomic E-state index is 13.4. The van der Waals surface area contributed by atoms with Gasteiger partial charge in [0.25, 0.3) is 0 Å². The third-order valence-corrected chi connectivity index (χ3v) is 3.74. The molecule has 0 bridgehead atoms. The third kappa shape index (κ3) is 8.07. The number of nitrogens with one attached hydrogen (secondary N) is 1. The van der Waals surface area contributed by atoms with Crippen LogP contribution in [-0.4, -0.2) is 36.1 Å². The summed E-state index contributed by atoms with van der Waals surface area (Å²) in [5, 5.41) is 11.6. The molecular formula is C19H28F3NO4. The Kier molecular flexibility index (Phi) is 8.40. The standard InChI is InChI=1S/C19H28F3NO4/c1-5-13(23-17(25)27-18(2,3)4)9-10-14-15(19(20,21)22)7-6-8-16(14)26-12-11-24/h6-8,13,24H,5,9-12H2,1-4H3,(H,23,25)/t13-/m1/s1. The van der Waals surface area contributed by atoms with E-state index in [1.807, 2.05) is 6.92 Å². The fraction of sp³-hybridized carbons (Fsp3) is 0.632. The van der Waals surface area contributed by atoms with Gasteiger partial charge >= 0.3 is 12.3 Å². The lowest BCUT2D eigenvalue weighted by Gasteiger charge is -2.24. The maximum Gasteiger partial charge on any atom is 0.416 e. The number of alkyl carbamates (subject to hydrolysis) is 1. The minimum Gasteiger partial charge on any atom is -0.491 e. The van der Waals surface area contributed by atoms with Gasteiger partial charge < -0.3 is 19.9 Å². The van der Waals surface area contributed by atoms with Crippen molar-refractivity contribution in [3.8, 4) is 5.75 Å². The van der Waals surface area contributed by atoms with Gasteiger partial charge in [-0.15, -0.1) is 0 Å². The van der Waals surface area contributed by atoms with E-state index in [0.29, 0.717) is 12.8 Å². The van der Waals surface area contributed by atoms with Crippen LogP contribution >= 0.6 is 0 Å². The van der Waals surface area contributed by atoms with Gasteiger partial charge in [-0.05, 0) is 52.2 Å². The Morgan fingerprint density at radius 1 is 1.26 bits per heavy atom. The first-order valence-electron chi connectivity index (χ1n) is 8.90. The highest BCUT2D eigenvalue weighted by molar-refractivity contribution is 5.68. The zero-order valence-electron chi connectivity index (χ0n) is 16.2. The lowest BCUT2D eigenvalue weighted by atomic mass is 9.97. The molecule has 1 atom stereocenters. The first-order chi connectivity index (χ1) is 12.5. The molecular weight excluding hydrogens is 363 g/mol. The normalized spacial score (nSPS) is 13.2. The van der Waals surface area contributed by atoms with Gasteiger partial charge in [0.15, 0.2) is 0 Å². The average Bonchev–Trinajstić information content (AvgIpc) is 2.54. The van der Waals surface area contributed by atoms with Crippen LogP contribution in [0.15, 0.2) is 18.2 Å². The molecule has 0 radical (unpaired) electrons. The minimum atomic E-state index is -4.52. The molecule has 0 spiro atoms. The van der Waals surface area contributed by atoms with Gasteiger partial charge in [-0.1, -0.05) is 13.0 Å². The Labute approximate surface area is 157 Å². The summed E-state index contributed by atoms with van der Waals surface area (Å²) in [4.78, 5) is 11.9. The number of amides is 1. The van der Waals surface area contributed by atoms with Crippen LogP contribution in [0, 0.1) is 0 Å². The van der Waals surface area contributed by atoms with Crippen LogP contribution in [0.4, 0.5) is 18.0 Å². The zero-order chi connectivity index (χ0) is 20.7. The van der Waals surface area contributed by atoms with Gasteiger partial charge in [-0.2, -0.15) is 13.2 Å². The molecule has 0 saturated heterocycles. The highest BCUT2D eigenvalue weighted by Crippen LogP contribution is 2.37. The van der Waals surface area contributed by atoms with E-state index >= 15 is 0 Å². The van der Waals surface area contributed by atoms with E-state index in [1.54, 1.807) is 20.8 Å². The summed E-state index contributed by atoms with van der Waals surface area (Å²) in [5.41, 5.74) is -1.41. The Hall–Kier alpha value is -1.96. The van der Waals surface area contributed by atoms with Crippen molar-refractivity contribution < 1.29 is 32.5 Å². The van der Waals surface area contributed by atoms with Crippen LogP contribution < -0.4 is 10.1 Å². The number of benzene rings is 1. The minimum absolute atomic E-state index is 0.0166. The second kappa shape index (κ2) is 9.82. The molecule has 1 aromatic rings. The number of ether oxygens (including phenoxy) is 2. The summed E-state index contributed by atoms with van der Waals surface area (Å²) in [5.74, 6) is 0.0889. The number of hydrogen-bond acceptors (Lipinski definition) is 4. The third-order valence-electron chi connectivity index (χ3n) is 3.74. The van der Waals surface area contributed by atoms with Crippen LogP contribution in [0.25, 0.3) is 0 Å². The molecule has 2 N–H and O–H groups in total. The SMILES string of the molecule is CC[C@H](CCc1c(OCCO)cccc1C(F)(F)F)NC(=O)OC(C)(C)C. The van der Waals surface area contributed by atoms with E-state index in [2.05, 4.69) is 5.32 Å². The molecule has 0 unspecified atom stereocenters. The van der Waals surface area contributed by atoms with Crippen LogP contribution in [-0.2, 0) is 17.3 Å². The fourth-order valence-electron chi connectivity index (χ4n) is 2.55. The molecule has 27 heavy (non-hydrogen) atoms. The number of carbonyl (C=O) groups excluding carboxylic acids is 1. The quantitative estimate of drug-likeness (QED) is 0.693. The summed E-state index contributed by atoms with van der Waals surface area (Å²) in [6.07, 6.45) is -4.23. The number of rotatable bonds is 8. The van der Waals surface area contributed by atoms with Gasteiger partial charge in [-0.25, -0.2) is 4.79 Å². The molecule has 0 aliphatic carbocycles. The molecule has 0 aliphatic heterocycles. The molecule has 1 rings (SSSR count). The number of carbonyl (C=O) groups is 1. The predicted octanol–water partition coefficient (Wildman–Crippen LogP) is 4.31. The van der Waals surface area contributed by atoms with Crippen LogP contribution in [0.5, 0.6) is 5.75 Å². The van der Waals surface area contributed by atoms with Crippen molar-refractivity contribution in [2.45, 2.75) is 64.8 Å². The Balaban J connectivity index is 2.93. The van der Waals surface area contributed by atoms with Crippen LogP contribution in [0.3, 0.4) is 0 Å². The summed E-state index contributed by atoms with van der Waals surface area (Å²) in [6.45, 7) is 6.64. The Bertz CT molecular complexity index is 612. The van der Waals surface area contributed by atoms with Crippen molar-refractivity contribution in [3.05, 3.63) is 29.3 Å². The number of alkyl halides is 3. The Morgan fingerprint density at radius 2 is 1.93 bits per heavy atom. The number of hydrogen-bond donors (Lipinski definition) is 2. The number of halogens is 3. The smallest absolute Gasteiger partial charge is 0.416 e. The van der Waals surface area contributed by atoms with Crippen molar-refractivity contribution in [3.63, 3.8) is 0 Å². The van der Waals surface area contributed by atoms with Crippen molar-refractivity contribution in [1.82, 2.24) is 5.32 Å². The van der Waals surface area contributed by atoms with E-state index in [9.17, 15) is 18.0 Å². The highest BCUT2D eigenvalue weighted by atomic mass is 19.4. The van der Waals surface area contributed by atoms with Crippen molar-refractivity contribution >= 4 is 6.09 Å². The largest absolute Gasteiger partial charge is 0.491 e. The van der Waals surface area contributed by atoms with Crippen molar-refractivity contribution in [2.75, 3.05) is 13.2 Å². The maximum atomic E-state index is 13.4. The topological polar surface area (TPSA) is 67.8 Å². The van der Waals surface area contributed by atoms with Crippen molar-refractivity contribution in [2.24, 2.45) is 0 Å². The van der Waals surface area contributed by atoms with Gasteiger partial charge in [0.2, 0.25) is 0 Å². The molecule has 0 fully saturated rings. The molecule has 0 heterocycles. The fourth-order valence-corrected chi connectivity index (χ4v) is 2.55. The second-order valence-corrected chi connectivity index (χ2v) is 7.14. The summed E-state index contributed by atoms with van der Waals surface area (Å²) >= 11 is 0. The molecule has 154 valence electrons. The van der Waals surface area contributed by atoms with E-state index in [1.165, 1.54) is 12.1 Å². The van der Waals surface area contributed by atoms with E-state index in [0.717, 1.165) is 6.07 Å². The molecule has 8 heteroatoms. The number of aliphatic hydroxyl groups excluding tert-OH is 1. The average molecular weight is 391 g/mol. The van der Waals surface area contributed by atoms with E-state index in [-0.39, 0.29) is 37.0 Å². The van der Waals surface area contributed by atoms with E-state index < -0.39 is 23.4 Å². The first kappa shape index (κ1) is 23.1. The summed E-state index contributed by atoms with van der Waals surface area (Å²) in [6, 6.07) is 3.38. The summed E-state index contributed by atoms with van der Waals surface area (Å²) in [7, 11) is 0. The molecule has 1 aromatic carbocycles. The van der Waals surface area contributed by atoms with Crippen LogP contribution in [0.2, 0.25) is 0 Å². The van der Waals surface area contributed by atoms with Gasteiger partial charge in [0.05, 0.1) is 12.2 Å². The van der Waals surface area contributed by atoms with Gasteiger partial charge in [0.1, 0.15) is 18.0 Å². The monoisotopic (exact) mass is 391 g/mol. The van der Waals surface area contributed by atoms with Gasteiger partial charge in [-0.3, -0.25) is 0 Å². The molecule has 1 amide bonds. The highest BCUT2D eigenvalue weighted by Gasteiger charge is 2.34. The van der Waals surface area contributed by atoms with Gasteiger partial charge in [0, 0.05) is 11.6 Å². The summed E-state index contributed by atoms with van der Waals surface area (Å²) < 4.78 is 50.5. The molecule has 5 nitrogen and oxygen atoms in total. The second-order valence-electron chi connectivity index (χ2n) is 7.14. The number of aliphatic hydroxyl groups is 1. The lowest BCUT2D eigenvalue weighted by molar-refractivity contribution is -0.138. The molecule has 0 aromatic heterocycles. The van der Waals surface area contributed by atoms with E-state index in [4.69, 9.17) is 14.6 Å². The van der Waals surface area contributed by atoms with Crippen molar-refractivity contribution in [1.29, 1.82) is 0 Å². The molecule has 0 aliphatic rings. The predicted molar refractivity (Wildman–Crippen MR) is 95.8 cm³/mol. The first-order valence-corrected chi connectivity index (χ1v) is 8.90. The molecule has 0 saturated carbocycles. The van der Waals surface area contributed by atoms with Crippen LogP contribution in [0.1, 0.15) is 51.7 Å². The Morgan fingerprint density at radius 3 is 2.44 bits per heavy atom. The zero-order valence-corrected chi connectivity index (χ0v) is 16.2. The lowest BCUT2D eigenvalue weighted by Crippen LogP contribution is -2.39.